The van der Waals surface area contributed by atoms with Crippen molar-refractivity contribution < 1.29 is 9.59 Å². The quantitative estimate of drug-likeness (QED) is 0.701. The van der Waals surface area contributed by atoms with Gasteiger partial charge in [0.2, 0.25) is 5.91 Å². The van der Waals surface area contributed by atoms with Crippen molar-refractivity contribution in [3.63, 3.8) is 0 Å². The van der Waals surface area contributed by atoms with Crippen molar-refractivity contribution in [3.8, 4) is 12.3 Å². The number of hydrogen-bond donors (Lipinski definition) is 3. The van der Waals surface area contributed by atoms with Crippen molar-refractivity contribution in [1.82, 2.24) is 5.32 Å². The number of amides is 2. The lowest BCUT2D eigenvalue weighted by Crippen LogP contribution is -2.35. The fourth-order valence-electron chi connectivity index (χ4n) is 1.61. The van der Waals surface area contributed by atoms with Gasteiger partial charge in [0.05, 0.1) is 6.04 Å². The van der Waals surface area contributed by atoms with Crippen molar-refractivity contribution >= 4 is 17.5 Å². The molecule has 5 heteroatoms. The summed E-state index contributed by atoms with van der Waals surface area (Å²) < 4.78 is 0. The molecule has 0 aliphatic rings. The van der Waals surface area contributed by atoms with E-state index in [0.717, 1.165) is 5.56 Å². The molecule has 0 saturated carbocycles. The molecule has 0 bridgehead atoms. The van der Waals surface area contributed by atoms with Crippen molar-refractivity contribution in [2.75, 3.05) is 11.9 Å². The number of anilines is 1. The van der Waals surface area contributed by atoms with E-state index in [1.54, 1.807) is 18.2 Å². The first-order valence-corrected chi connectivity index (χ1v) is 6.38. The molecular weight excluding hydrogens is 254 g/mol. The smallest absolute Gasteiger partial charge is 0.251 e. The van der Waals surface area contributed by atoms with Gasteiger partial charge in [-0.1, -0.05) is 6.07 Å². The molecule has 1 rings (SSSR count). The predicted molar refractivity (Wildman–Crippen MR) is 79.2 cm³/mol. The third-order valence-electron chi connectivity index (χ3n) is 2.77. The number of hydrogen-bond acceptors (Lipinski definition) is 3. The van der Waals surface area contributed by atoms with Crippen molar-refractivity contribution in [2.24, 2.45) is 5.73 Å². The Labute approximate surface area is 118 Å². The van der Waals surface area contributed by atoms with Gasteiger partial charge < -0.3 is 16.4 Å². The predicted octanol–water partition coefficient (Wildman–Crippen LogP) is 1.03. The van der Waals surface area contributed by atoms with Gasteiger partial charge in [0, 0.05) is 24.2 Å². The van der Waals surface area contributed by atoms with Crippen LogP contribution < -0.4 is 16.4 Å². The number of nitrogens with two attached hydrogens (primary N) is 1. The molecule has 1 unspecified atom stereocenters. The highest BCUT2D eigenvalue weighted by molar-refractivity contribution is 5.99. The van der Waals surface area contributed by atoms with Crippen LogP contribution in [-0.2, 0) is 4.79 Å². The topological polar surface area (TPSA) is 84.2 Å². The van der Waals surface area contributed by atoms with Crippen molar-refractivity contribution in [1.29, 1.82) is 0 Å². The average molecular weight is 273 g/mol. The molecule has 106 valence electrons. The fourth-order valence-corrected chi connectivity index (χ4v) is 1.61. The summed E-state index contributed by atoms with van der Waals surface area (Å²) in [4.78, 5) is 23.6. The van der Waals surface area contributed by atoms with Gasteiger partial charge in [0.1, 0.15) is 0 Å². The van der Waals surface area contributed by atoms with Crippen LogP contribution in [0.5, 0.6) is 0 Å². The lowest BCUT2D eigenvalue weighted by molar-refractivity contribution is -0.117. The Bertz CT molecular complexity index is 547. The summed E-state index contributed by atoms with van der Waals surface area (Å²) in [6, 6.07) is 4.35. The molecule has 0 heterocycles. The molecule has 2 amide bonds. The van der Waals surface area contributed by atoms with Crippen molar-refractivity contribution in [2.45, 2.75) is 26.3 Å². The van der Waals surface area contributed by atoms with E-state index in [4.69, 9.17) is 12.2 Å². The van der Waals surface area contributed by atoms with Gasteiger partial charge in [-0.3, -0.25) is 9.59 Å². The molecule has 0 spiro atoms. The van der Waals surface area contributed by atoms with Crippen LogP contribution >= 0.6 is 0 Å². The third kappa shape index (κ3) is 4.11. The SMILES string of the molecule is C#CCC(N)C(=O)Nc1cc(C(=O)NCC)ccc1C. The summed E-state index contributed by atoms with van der Waals surface area (Å²) in [5, 5.41) is 5.39. The molecule has 5 nitrogen and oxygen atoms in total. The van der Waals surface area contributed by atoms with E-state index in [9.17, 15) is 9.59 Å². The number of benzene rings is 1. The van der Waals surface area contributed by atoms with Gasteiger partial charge in [-0.2, -0.15) is 0 Å². The second kappa shape index (κ2) is 7.31. The third-order valence-corrected chi connectivity index (χ3v) is 2.77. The highest BCUT2D eigenvalue weighted by atomic mass is 16.2. The molecule has 1 atom stereocenters. The number of nitrogens with one attached hydrogen (secondary N) is 2. The first kappa shape index (κ1) is 15.7. The first-order valence-electron chi connectivity index (χ1n) is 6.38. The summed E-state index contributed by atoms with van der Waals surface area (Å²) in [5.74, 6) is 1.80. The minimum absolute atomic E-state index is 0.168. The van der Waals surface area contributed by atoms with Crippen LogP contribution in [0, 0.1) is 19.3 Å². The van der Waals surface area contributed by atoms with Crippen LogP contribution in [0.15, 0.2) is 18.2 Å². The molecule has 0 fully saturated rings. The van der Waals surface area contributed by atoms with Crippen molar-refractivity contribution in [3.05, 3.63) is 29.3 Å². The Morgan fingerprint density at radius 1 is 1.45 bits per heavy atom. The molecule has 0 aliphatic heterocycles. The molecule has 0 aromatic heterocycles. The van der Waals surface area contributed by atoms with Gasteiger partial charge in [-0.15, -0.1) is 12.3 Å². The van der Waals surface area contributed by atoms with E-state index in [2.05, 4.69) is 16.6 Å². The standard InChI is InChI=1S/C15H19N3O2/c1-4-6-12(16)15(20)18-13-9-11(8-7-10(13)3)14(19)17-5-2/h1,7-9,12H,5-6,16H2,2-3H3,(H,17,19)(H,18,20). The van der Waals surface area contributed by atoms with E-state index in [1.165, 1.54) is 0 Å². The van der Waals surface area contributed by atoms with E-state index < -0.39 is 6.04 Å². The molecule has 1 aromatic carbocycles. The van der Waals surface area contributed by atoms with Gasteiger partial charge >= 0.3 is 0 Å². The molecule has 0 radical (unpaired) electrons. The van der Waals surface area contributed by atoms with Crippen LogP contribution in [-0.4, -0.2) is 24.4 Å². The van der Waals surface area contributed by atoms with E-state index in [1.807, 2.05) is 13.8 Å². The zero-order chi connectivity index (χ0) is 15.1. The summed E-state index contributed by atoms with van der Waals surface area (Å²) in [5.41, 5.74) is 7.53. The van der Waals surface area contributed by atoms with Gasteiger partial charge in [0.25, 0.3) is 5.91 Å². The van der Waals surface area contributed by atoms with Crippen LogP contribution in [0.25, 0.3) is 0 Å². The first-order chi connectivity index (χ1) is 9.49. The molecular formula is C15H19N3O2. The number of rotatable bonds is 5. The summed E-state index contributed by atoms with van der Waals surface area (Å²) in [7, 11) is 0. The maximum atomic E-state index is 11.8. The Balaban J connectivity index is 2.90. The monoisotopic (exact) mass is 273 g/mol. The fraction of sp³-hybridized carbons (Fsp3) is 0.333. The average Bonchev–Trinajstić information content (AvgIpc) is 2.41. The lowest BCUT2D eigenvalue weighted by Gasteiger charge is -2.13. The second-order valence-electron chi connectivity index (χ2n) is 4.39. The summed E-state index contributed by atoms with van der Waals surface area (Å²) in [6.45, 7) is 4.22. The highest BCUT2D eigenvalue weighted by Crippen LogP contribution is 2.17. The summed E-state index contributed by atoms with van der Waals surface area (Å²) >= 11 is 0. The minimum atomic E-state index is -0.757. The molecule has 20 heavy (non-hydrogen) atoms. The number of terminal acetylenes is 1. The minimum Gasteiger partial charge on any atom is -0.352 e. The van der Waals surface area contributed by atoms with Crippen LogP contribution in [0.4, 0.5) is 5.69 Å². The maximum Gasteiger partial charge on any atom is 0.251 e. The lowest BCUT2D eigenvalue weighted by atomic mass is 10.1. The maximum absolute atomic E-state index is 11.8. The molecule has 0 aliphatic carbocycles. The zero-order valence-electron chi connectivity index (χ0n) is 11.7. The zero-order valence-corrected chi connectivity index (χ0v) is 11.7. The Morgan fingerprint density at radius 2 is 2.15 bits per heavy atom. The number of aryl methyl sites for hydroxylation is 1. The Kier molecular flexibility index (Phi) is 5.75. The Morgan fingerprint density at radius 3 is 2.75 bits per heavy atom. The molecule has 1 aromatic rings. The normalized spacial score (nSPS) is 11.3. The van der Waals surface area contributed by atoms with Crippen LogP contribution in [0.1, 0.15) is 29.3 Å². The van der Waals surface area contributed by atoms with E-state index >= 15 is 0 Å². The van der Waals surface area contributed by atoms with Crippen LogP contribution in [0.2, 0.25) is 0 Å². The second-order valence-corrected chi connectivity index (χ2v) is 4.39. The molecule has 4 N–H and O–H groups in total. The van der Waals surface area contributed by atoms with Gasteiger partial charge in [0.15, 0.2) is 0 Å². The van der Waals surface area contributed by atoms with E-state index in [0.29, 0.717) is 17.8 Å². The Hall–Kier alpha value is -2.32. The molecule has 0 saturated heterocycles. The summed E-state index contributed by atoms with van der Waals surface area (Å²) in [6.07, 6.45) is 5.29. The van der Waals surface area contributed by atoms with Gasteiger partial charge in [-0.05, 0) is 31.5 Å². The van der Waals surface area contributed by atoms with E-state index in [-0.39, 0.29) is 18.2 Å². The largest absolute Gasteiger partial charge is 0.352 e. The van der Waals surface area contributed by atoms with Crippen LogP contribution in [0.3, 0.4) is 0 Å². The number of carbonyl (C=O) groups is 2. The number of carbonyl (C=O) groups excluding carboxylic acids is 2. The van der Waals surface area contributed by atoms with Gasteiger partial charge in [-0.25, -0.2) is 0 Å². The highest BCUT2D eigenvalue weighted by Gasteiger charge is 2.14.